The van der Waals surface area contributed by atoms with Crippen LogP contribution in [0.2, 0.25) is 0 Å². The normalized spacial score (nSPS) is 11.2. The number of nitrogens with zero attached hydrogens (tertiary/aromatic N) is 3. The van der Waals surface area contributed by atoms with Crippen LogP contribution in [0.25, 0.3) is 16.7 Å². The van der Waals surface area contributed by atoms with E-state index in [1.807, 2.05) is 18.2 Å². The lowest BCUT2D eigenvalue weighted by Gasteiger charge is -2.19. The summed E-state index contributed by atoms with van der Waals surface area (Å²) in [7, 11) is 0. The van der Waals surface area contributed by atoms with Gasteiger partial charge in [0, 0.05) is 18.5 Å². The number of nitriles is 1. The van der Waals surface area contributed by atoms with Gasteiger partial charge in [-0.1, -0.05) is 68.1 Å². The maximum absolute atomic E-state index is 10.0. The SMILES string of the molecule is CCCCCCNc1c(Cc2ccc(C)cc2)c(C)c(C#N)c2nc3ccccc3n12. The highest BCUT2D eigenvalue weighted by Crippen LogP contribution is 2.32. The number of rotatable bonds is 8. The van der Waals surface area contributed by atoms with Crippen LogP contribution in [-0.2, 0) is 6.42 Å². The molecule has 0 saturated heterocycles. The Labute approximate surface area is 184 Å². The van der Waals surface area contributed by atoms with Gasteiger partial charge in [0.2, 0.25) is 0 Å². The van der Waals surface area contributed by atoms with E-state index in [0.29, 0.717) is 5.56 Å². The molecular formula is C27H30N4. The molecular weight excluding hydrogens is 380 g/mol. The van der Waals surface area contributed by atoms with E-state index in [1.54, 1.807) is 0 Å². The zero-order valence-electron chi connectivity index (χ0n) is 18.7. The van der Waals surface area contributed by atoms with Gasteiger partial charge in [-0.05, 0) is 43.5 Å². The smallest absolute Gasteiger partial charge is 0.157 e. The first-order chi connectivity index (χ1) is 15.1. The topological polar surface area (TPSA) is 53.1 Å². The number of anilines is 1. The highest BCUT2D eigenvalue weighted by atomic mass is 15.1. The van der Waals surface area contributed by atoms with Gasteiger partial charge >= 0.3 is 0 Å². The molecule has 31 heavy (non-hydrogen) atoms. The molecule has 0 bridgehead atoms. The Bertz CT molecular complexity index is 1240. The summed E-state index contributed by atoms with van der Waals surface area (Å²) in [5, 5.41) is 13.7. The van der Waals surface area contributed by atoms with Crippen molar-refractivity contribution in [2.75, 3.05) is 11.9 Å². The molecule has 4 nitrogen and oxygen atoms in total. The average molecular weight is 411 g/mol. The first-order valence-electron chi connectivity index (χ1n) is 11.3. The highest BCUT2D eigenvalue weighted by Gasteiger charge is 2.20. The van der Waals surface area contributed by atoms with Crippen molar-refractivity contribution in [3.8, 4) is 6.07 Å². The minimum atomic E-state index is 0.662. The van der Waals surface area contributed by atoms with Crippen molar-refractivity contribution in [3.63, 3.8) is 0 Å². The van der Waals surface area contributed by atoms with Crippen molar-refractivity contribution in [1.82, 2.24) is 9.38 Å². The van der Waals surface area contributed by atoms with E-state index >= 15 is 0 Å². The summed E-state index contributed by atoms with van der Waals surface area (Å²) < 4.78 is 2.16. The zero-order chi connectivity index (χ0) is 21.8. The Balaban J connectivity index is 1.89. The van der Waals surface area contributed by atoms with E-state index in [9.17, 15) is 5.26 Å². The van der Waals surface area contributed by atoms with Crippen LogP contribution in [0, 0.1) is 25.2 Å². The summed E-state index contributed by atoms with van der Waals surface area (Å²) in [4.78, 5) is 4.83. The molecule has 4 heteroatoms. The number of imidazole rings is 1. The van der Waals surface area contributed by atoms with Gasteiger partial charge in [-0.2, -0.15) is 5.26 Å². The van der Waals surface area contributed by atoms with Crippen LogP contribution in [-0.4, -0.2) is 15.9 Å². The quantitative estimate of drug-likeness (QED) is 0.335. The number of aromatic nitrogens is 2. The van der Waals surface area contributed by atoms with Crippen molar-refractivity contribution in [2.45, 2.75) is 52.9 Å². The van der Waals surface area contributed by atoms with Crippen molar-refractivity contribution in [3.05, 3.63) is 76.3 Å². The average Bonchev–Trinajstić information content (AvgIpc) is 3.16. The molecule has 2 aromatic heterocycles. The summed E-state index contributed by atoms with van der Waals surface area (Å²) in [5.74, 6) is 1.07. The molecule has 0 aliphatic heterocycles. The van der Waals surface area contributed by atoms with Crippen LogP contribution in [0.3, 0.4) is 0 Å². The number of hydrogen-bond donors (Lipinski definition) is 1. The Hall–Kier alpha value is -3.32. The minimum Gasteiger partial charge on any atom is -0.371 e. The molecule has 4 aromatic rings. The number of unbranched alkanes of at least 4 members (excludes halogenated alkanes) is 3. The Morgan fingerprint density at radius 1 is 1.00 bits per heavy atom. The second kappa shape index (κ2) is 9.22. The minimum absolute atomic E-state index is 0.662. The van der Waals surface area contributed by atoms with E-state index in [4.69, 9.17) is 4.98 Å². The Kier molecular flexibility index (Phi) is 6.23. The molecule has 2 heterocycles. The van der Waals surface area contributed by atoms with Crippen LogP contribution in [0.15, 0.2) is 48.5 Å². The van der Waals surface area contributed by atoms with Gasteiger partial charge in [0.25, 0.3) is 0 Å². The molecule has 2 aromatic carbocycles. The third-order valence-corrected chi connectivity index (χ3v) is 6.06. The highest BCUT2D eigenvalue weighted by molar-refractivity contribution is 5.86. The van der Waals surface area contributed by atoms with Crippen LogP contribution < -0.4 is 5.32 Å². The molecule has 0 spiro atoms. The van der Waals surface area contributed by atoms with Crippen molar-refractivity contribution in [2.24, 2.45) is 0 Å². The number of fused-ring (bicyclic) bond motifs is 3. The summed E-state index contributed by atoms with van der Waals surface area (Å²) in [6.07, 6.45) is 5.62. The van der Waals surface area contributed by atoms with Crippen LogP contribution in [0.5, 0.6) is 0 Å². The van der Waals surface area contributed by atoms with E-state index in [1.165, 1.54) is 36.0 Å². The molecule has 158 valence electrons. The van der Waals surface area contributed by atoms with Gasteiger partial charge in [0.1, 0.15) is 11.9 Å². The molecule has 4 rings (SSSR count). The summed E-state index contributed by atoms with van der Waals surface area (Å²) >= 11 is 0. The molecule has 0 aliphatic carbocycles. The predicted octanol–water partition coefficient (Wildman–Crippen LogP) is 6.56. The number of nitrogens with one attached hydrogen (secondary N) is 1. The third kappa shape index (κ3) is 4.14. The molecule has 0 aliphatic rings. The van der Waals surface area contributed by atoms with Crippen molar-refractivity contribution < 1.29 is 0 Å². The molecule has 0 unspecified atom stereocenters. The maximum atomic E-state index is 10.0. The fourth-order valence-electron chi connectivity index (χ4n) is 4.26. The Morgan fingerprint density at radius 3 is 2.52 bits per heavy atom. The van der Waals surface area contributed by atoms with Gasteiger partial charge in [0.05, 0.1) is 16.6 Å². The van der Waals surface area contributed by atoms with E-state index < -0.39 is 0 Å². The van der Waals surface area contributed by atoms with Gasteiger partial charge in [-0.25, -0.2) is 4.98 Å². The summed E-state index contributed by atoms with van der Waals surface area (Å²) in [6, 6.07) is 19.2. The number of aryl methyl sites for hydroxylation is 1. The first kappa shape index (κ1) is 20.9. The lowest BCUT2D eigenvalue weighted by Crippen LogP contribution is -2.12. The lowest BCUT2D eigenvalue weighted by atomic mass is 9.97. The molecule has 0 saturated carbocycles. The van der Waals surface area contributed by atoms with Gasteiger partial charge in [-0.3, -0.25) is 4.40 Å². The molecule has 0 radical (unpaired) electrons. The second-order valence-electron chi connectivity index (χ2n) is 8.35. The Morgan fingerprint density at radius 2 is 1.77 bits per heavy atom. The van der Waals surface area contributed by atoms with Gasteiger partial charge in [-0.15, -0.1) is 0 Å². The number of benzene rings is 2. The van der Waals surface area contributed by atoms with Gasteiger partial charge < -0.3 is 5.32 Å². The third-order valence-electron chi connectivity index (χ3n) is 6.06. The molecule has 0 fully saturated rings. The zero-order valence-corrected chi connectivity index (χ0v) is 18.7. The van der Waals surface area contributed by atoms with Gasteiger partial charge in [0.15, 0.2) is 5.65 Å². The van der Waals surface area contributed by atoms with Crippen molar-refractivity contribution >= 4 is 22.5 Å². The monoisotopic (exact) mass is 410 g/mol. The number of hydrogen-bond acceptors (Lipinski definition) is 3. The molecule has 0 amide bonds. The van der Waals surface area contributed by atoms with Crippen molar-refractivity contribution in [1.29, 1.82) is 5.26 Å². The maximum Gasteiger partial charge on any atom is 0.157 e. The standard InChI is InChI=1S/C27H30N4/c1-4-5-6-9-16-29-26-22(17-21-14-12-19(2)13-15-21)20(3)23(18-28)27-30-24-10-7-8-11-25(24)31(26)27/h7-8,10-15,29H,4-6,9,16-17H2,1-3H3. The molecule has 0 atom stereocenters. The predicted molar refractivity (Wildman–Crippen MR) is 129 cm³/mol. The summed E-state index contributed by atoms with van der Waals surface area (Å²) in [6.45, 7) is 7.31. The van der Waals surface area contributed by atoms with Crippen LogP contribution in [0.1, 0.15) is 60.4 Å². The van der Waals surface area contributed by atoms with Crippen LogP contribution >= 0.6 is 0 Å². The van der Waals surface area contributed by atoms with Crippen LogP contribution in [0.4, 0.5) is 5.82 Å². The number of pyridine rings is 1. The molecule has 1 N–H and O–H groups in total. The lowest BCUT2D eigenvalue weighted by molar-refractivity contribution is 0.683. The van der Waals surface area contributed by atoms with E-state index in [0.717, 1.165) is 47.4 Å². The van der Waals surface area contributed by atoms with E-state index in [2.05, 4.69) is 66.9 Å². The van der Waals surface area contributed by atoms with E-state index in [-0.39, 0.29) is 0 Å². The first-order valence-corrected chi connectivity index (χ1v) is 11.3. The second-order valence-corrected chi connectivity index (χ2v) is 8.35. The fraction of sp³-hybridized carbons (Fsp3) is 0.333. The fourth-order valence-corrected chi connectivity index (χ4v) is 4.26. The largest absolute Gasteiger partial charge is 0.371 e. The number of para-hydroxylation sites is 2. The summed E-state index contributed by atoms with van der Waals surface area (Å²) in [5.41, 5.74) is 8.04.